The highest BCUT2D eigenvalue weighted by molar-refractivity contribution is 6.22. The first kappa shape index (κ1) is 35.2. The molecule has 0 unspecified atom stereocenters. The van der Waals surface area contributed by atoms with Crippen LogP contribution in [-0.4, -0.2) is 15.0 Å². The molecule has 0 aliphatic heterocycles. The summed E-state index contributed by atoms with van der Waals surface area (Å²) in [4.78, 5) is 15.6. The van der Waals surface area contributed by atoms with Gasteiger partial charge in [-0.15, -0.1) is 0 Å². The lowest BCUT2D eigenvalue weighted by molar-refractivity contribution is 1.18. The Hall–Kier alpha value is -8.01. The molecular weight excluding hydrogens is 727 g/mol. The van der Waals surface area contributed by atoms with Crippen molar-refractivity contribution in [3.05, 3.63) is 224 Å². The van der Waals surface area contributed by atoms with Crippen LogP contribution in [0.3, 0.4) is 0 Å². The highest BCUT2D eigenvalue weighted by Crippen LogP contribution is 2.38. The van der Waals surface area contributed by atoms with Gasteiger partial charge < -0.3 is 0 Å². The van der Waals surface area contributed by atoms with Crippen molar-refractivity contribution >= 4 is 32.4 Å². The van der Waals surface area contributed by atoms with Crippen LogP contribution in [-0.2, 0) is 0 Å². The van der Waals surface area contributed by atoms with E-state index in [4.69, 9.17) is 15.0 Å². The summed E-state index contributed by atoms with van der Waals surface area (Å²) in [6.45, 7) is 0. The number of aromatic nitrogens is 3. The van der Waals surface area contributed by atoms with E-state index < -0.39 is 0 Å². The monoisotopic (exact) mass is 763 g/mol. The molecule has 280 valence electrons. The van der Waals surface area contributed by atoms with E-state index in [0.717, 1.165) is 66.9 Å². The summed E-state index contributed by atoms with van der Waals surface area (Å²) in [5, 5.41) is 6.04. The van der Waals surface area contributed by atoms with Crippen LogP contribution < -0.4 is 0 Å². The predicted molar refractivity (Wildman–Crippen MR) is 250 cm³/mol. The van der Waals surface area contributed by atoms with Crippen LogP contribution in [0.1, 0.15) is 0 Å². The number of fused-ring (bicyclic) bond motifs is 5. The van der Waals surface area contributed by atoms with Crippen molar-refractivity contribution < 1.29 is 0 Å². The third kappa shape index (κ3) is 6.58. The molecule has 2 aromatic heterocycles. The van der Waals surface area contributed by atoms with E-state index in [0.29, 0.717) is 5.82 Å². The maximum Gasteiger partial charge on any atom is 0.160 e. The summed E-state index contributed by atoms with van der Waals surface area (Å²) in [7, 11) is 0. The topological polar surface area (TPSA) is 38.7 Å². The SMILES string of the molecule is c1ccc(-c2ccc(-c3cc(-c4cccc(-c5ccc(-c6nc7ccccc7c7c6ccc6ccccc67)cc5)c4)nc(-c4ccc(-c5ccccc5)cc4)n3)cc2)cc1. The van der Waals surface area contributed by atoms with Crippen LogP contribution in [0.15, 0.2) is 224 Å². The number of hydrogen-bond acceptors (Lipinski definition) is 3. The Morgan fingerprint density at radius 2 is 0.733 bits per heavy atom. The Morgan fingerprint density at radius 1 is 0.250 bits per heavy atom. The summed E-state index contributed by atoms with van der Waals surface area (Å²) in [5.41, 5.74) is 14.8. The van der Waals surface area contributed by atoms with E-state index in [2.05, 4.69) is 212 Å². The molecule has 0 aliphatic carbocycles. The number of benzene rings is 9. The number of para-hydroxylation sites is 1. The fraction of sp³-hybridized carbons (Fsp3) is 0. The first-order valence-corrected chi connectivity index (χ1v) is 20.3. The minimum absolute atomic E-state index is 0.687. The van der Waals surface area contributed by atoms with Gasteiger partial charge in [0, 0.05) is 38.4 Å². The molecule has 0 spiro atoms. The zero-order chi connectivity index (χ0) is 39.8. The third-order valence-electron chi connectivity index (χ3n) is 11.5. The molecule has 60 heavy (non-hydrogen) atoms. The molecule has 3 nitrogen and oxygen atoms in total. The van der Waals surface area contributed by atoms with Crippen molar-refractivity contribution in [1.29, 1.82) is 0 Å². The molecule has 0 fully saturated rings. The average molecular weight is 764 g/mol. The largest absolute Gasteiger partial charge is 0.247 e. The predicted octanol–water partition coefficient (Wildman–Crippen LogP) is 15.0. The van der Waals surface area contributed by atoms with E-state index in [1.807, 2.05) is 12.1 Å². The van der Waals surface area contributed by atoms with Crippen LogP contribution in [0.2, 0.25) is 0 Å². The Labute approximate surface area is 349 Å². The minimum Gasteiger partial charge on any atom is -0.247 e. The molecule has 0 amide bonds. The second-order valence-electron chi connectivity index (χ2n) is 15.2. The van der Waals surface area contributed by atoms with Gasteiger partial charge in [-0.3, -0.25) is 0 Å². The zero-order valence-corrected chi connectivity index (χ0v) is 32.7. The maximum absolute atomic E-state index is 5.23. The van der Waals surface area contributed by atoms with Crippen LogP contribution >= 0.6 is 0 Å². The van der Waals surface area contributed by atoms with Crippen LogP contribution in [0.25, 0.3) is 111 Å². The molecule has 0 radical (unpaired) electrons. The van der Waals surface area contributed by atoms with Crippen LogP contribution in [0.4, 0.5) is 0 Å². The number of rotatable bonds is 7. The first-order valence-electron chi connectivity index (χ1n) is 20.3. The van der Waals surface area contributed by atoms with Crippen LogP contribution in [0, 0.1) is 0 Å². The van der Waals surface area contributed by atoms with Gasteiger partial charge in [-0.05, 0) is 62.4 Å². The number of hydrogen-bond donors (Lipinski definition) is 0. The Morgan fingerprint density at radius 3 is 1.42 bits per heavy atom. The first-order chi connectivity index (χ1) is 29.7. The van der Waals surface area contributed by atoms with E-state index in [9.17, 15) is 0 Å². The minimum atomic E-state index is 0.687. The summed E-state index contributed by atoms with van der Waals surface area (Å²) >= 11 is 0. The molecule has 9 aromatic carbocycles. The summed E-state index contributed by atoms with van der Waals surface area (Å²) in [6.07, 6.45) is 0. The van der Waals surface area contributed by atoms with E-state index >= 15 is 0 Å². The van der Waals surface area contributed by atoms with Gasteiger partial charge in [0.2, 0.25) is 0 Å². The second-order valence-corrected chi connectivity index (χ2v) is 15.2. The van der Waals surface area contributed by atoms with E-state index in [1.165, 1.54) is 38.2 Å². The van der Waals surface area contributed by atoms with Crippen molar-refractivity contribution in [2.24, 2.45) is 0 Å². The lowest BCUT2D eigenvalue weighted by Gasteiger charge is -2.13. The van der Waals surface area contributed by atoms with Gasteiger partial charge in [0.05, 0.1) is 22.6 Å². The van der Waals surface area contributed by atoms with Gasteiger partial charge in [0.25, 0.3) is 0 Å². The average Bonchev–Trinajstić information content (AvgIpc) is 3.34. The fourth-order valence-corrected chi connectivity index (χ4v) is 8.40. The molecular formula is C57H37N3. The normalized spacial score (nSPS) is 11.3. The van der Waals surface area contributed by atoms with Gasteiger partial charge in [-0.1, -0.05) is 206 Å². The molecule has 0 saturated heterocycles. The van der Waals surface area contributed by atoms with Gasteiger partial charge in [-0.2, -0.15) is 0 Å². The molecule has 3 heteroatoms. The summed E-state index contributed by atoms with van der Waals surface area (Å²) in [6, 6.07) is 79.2. The Balaban J connectivity index is 0.973. The Bertz CT molecular complexity index is 3200. The molecule has 0 aliphatic rings. The standard InChI is InChI=1S/C57H37N3/c1-3-12-38(13-4-1)40-22-28-44(29-23-40)53-37-54(60-57(59-53)46-32-26-41(27-33-46)39-14-5-2-6-15-39)48-18-11-17-47(36-48)42-24-30-45(31-25-42)56-51-35-34-43-16-7-8-19-49(43)55(51)50-20-9-10-21-52(50)58-56/h1-37H. The highest BCUT2D eigenvalue weighted by Gasteiger charge is 2.15. The zero-order valence-electron chi connectivity index (χ0n) is 32.7. The van der Waals surface area contributed by atoms with Crippen molar-refractivity contribution in [3.8, 4) is 78.5 Å². The molecule has 0 bridgehead atoms. The quantitative estimate of drug-likeness (QED) is 0.152. The molecule has 0 saturated carbocycles. The maximum atomic E-state index is 5.23. The Kier molecular flexibility index (Phi) is 8.83. The van der Waals surface area contributed by atoms with E-state index in [-0.39, 0.29) is 0 Å². The van der Waals surface area contributed by atoms with Crippen LogP contribution in [0.5, 0.6) is 0 Å². The smallest absolute Gasteiger partial charge is 0.160 e. The van der Waals surface area contributed by atoms with Crippen molar-refractivity contribution in [2.75, 3.05) is 0 Å². The van der Waals surface area contributed by atoms with Crippen molar-refractivity contribution in [3.63, 3.8) is 0 Å². The van der Waals surface area contributed by atoms with Gasteiger partial charge >= 0.3 is 0 Å². The van der Waals surface area contributed by atoms with Crippen molar-refractivity contribution in [1.82, 2.24) is 15.0 Å². The van der Waals surface area contributed by atoms with E-state index in [1.54, 1.807) is 0 Å². The molecule has 11 rings (SSSR count). The number of nitrogens with zero attached hydrogens (tertiary/aromatic N) is 3. The van der Waals surface area contributed by atoms with Gasteiger partial charge in [0.15, 0.2) is 5.82 Å². The van der Waals surface area contributed by atoms with Crippen molar-refractivity contribution in [2.45, 2.75) is 0 Å². The molecule has 0 N–H and O–H groups in total. The summed E-state index contributed by atoms with van der Waals surface area (Å²) in [5.74, 6) is 0.687. The molecule has 0 atom stereocenters. The summed E-state index contributed by atoms with van der Waals surface area (Å²) < 4.78 is 0. The van der Waals surface area contributed by atoms with Gasteiger partial charge in [-0.25, -0.2) is 15.0 Å². The second kappa shape index (κ2) is 15.1. The molecule has 2 heterocycles. The fourth-order valence-electron chi connectivity index (χ4n) is 8.40. The lowest BCUT2D eigenvalue weighted by atomic mass is 9.94. The molecule has 11 aromatic rings. The highest BCUT2D eigenvalue weighted by atomic mass is 14.9. The lowest BCUT2D eigenvalue weighted by Crippen LogP contribution is -1.96. The third-order valence-corrected chi connectivity index (χ3v) is 11.5. The number of pyridine rings is 1. The van der Waals surface area contributed by atoms with Gasteiger partial charge in [0.1, 0.15) is 0 Å².